The number of rotatable bonds is 8. The molecule has 3 heterocycles. The van der Waals surface area contributed by atoms with E-state index < -0.39 is 0 Å². The van der Waals surface area contributed by atoms with Crippen molar-refractivity contribution in [3.8, 4) is 0 Å². The van der Waals surface area contributed by atoms with Gasteiger partial charge in [0.05, 0.1) is 12.3 Å². The topological polar surface area (TPSA) is 103 Å². The third-order valence-corrected chi connectivity index (χ3v) is 4.39. The van der Waals surface area contributed by atoms with Gasteiger partial charge in [-0.3, -0.25) is 0 Å². The Hall–Kier alpha value is -2.13. The highest BCUT2D eigenvalue weighted by Gasteiger charge is 2.20. The van der Waals surface area contributed by atoms with E-state index in [-0.39, 0.29) is 6.03 Å². The summed E-state index contributed by atoms with van der Waals surface area (Å²) in [7, 11) is 1.67. The van der Waals surface area contributed by atoms with E-state index in [4.69, 9.17) is 4.74 Å². The van der Waals surface area contributed by atoms with E-state index in [0.717, 1.165) is 50.5 Å². The van der Waals surface area contributed by atoms with Gasteiger partial charge in [-0.2, -0.15) is 4.98 Å². The number of carbonyl (C=O) groups excluding carboxylic acids is 1. The molecule has 0 saturated carbocycles. The van der Waals surface area contributed by atoms with Gasteiger partial charge in [-0.1, -0.05) is 0 Å². The third kappa shape index (κ3) is 4.70. The normalized spacial score (nSPS) is 17.0. The van der Waals surface area contributed by atoms with E-state index in [1.807, 2.05) is 4.90 Å². The van der Waals surface area contributed by atoms with Crippen LogP contribution in [0.4, 0.5) is 16.6 Å². The van der Waals surface area contributed by atoms with E-state index in [1.165, 1.54) is 5.56 Å². The van der Waals surface area contributed by atoms with E-state index in [0.29, 0.717) is 32.2 Å². The van der Waals surface area contributed by atoms with Crippen LogP contribution in [-0.2, 0) is 17.6 Å². The summed E-state index contributed by atoms with van der Waals surface area (Å²) in [5, 5.41) is 12.8. The van der Waals surface area contributed by atoms with Crippen LogP contribution in [0.1, 0.15) is 11.3 Å². The predicted octanol–water partition coefficient (Wildman–Crippen LogP) is -0.340. The van der Waals surface area contributed by atoms with Crippen LogP contribution in [-0.4, -0.2) is 80.4 Å². The molecule has 1 saturated heterocycles. The first-order valence-electron chi connectivity index (χ1n) is 8.88. The maximum Gasteiger partial charge on any atom is 0.317 e. The van der Waals surface area contributed by atoms with Gasteiger partial charge in [-0.25, -0.2) is 9.78 Å². The third-order valence-electron chi connectivity index (χ3n) is 4.39. The molecule has 2 aliphatic heterocycles. The molecule has 2 amide bonds. The Balaban J connectivity index is 1.68. The molecule has 4 N–H and O–H groups in total. The lowest BCUT2D eigenvalue weighted by Gasteiger charge is -2.18. The highest BCUT2D eigenvalue weighted by Crippen LogP contribution is 2.21. The van der Waals surface area contributed by atoms with Crippen LogP contribution in [0.15, 0.2) is 0 Å². The zero-order chi connectivity index (χ0) is 17.5. The molecule has 2 aliphatic rings. The summed E-state index contributed by atoms with van der Waals surface area (Å²) in [4.78, 5) is 22.8. The van der Waals surface area contributed by atoms with Crippen LogP contribution < -0.4 is 21.3 Å². The molecule has 0 aromatic carbocycles. The molecule has 0 aliphatic carbocycles. The lowest BCUT2D eigenvalue weighted by atomic mass is 10.1. The molecule has 138 valence electrons. The first kappa shape index (κ1) is 17.7. The predicted molar refractivity (Wildman–Crippen MR) is 96.1 cm³/mol. The second-order valence-corrected chi connectivity index (χ2v) is 6.14. The van der Waals surface area contributed by atoms with Gasteiger partial charge in [0.2, 0.25) is 5.95 Å². The van der Waals surface area contributed by atoms with Gasteiger partial charge < -0.3 is 30.9 Å². The molecule has 1 aromatic rings. The molecule has 1 aromatic heterocycles. The van der Waals surface area contributed by atoms with E-state index in [9.17, 15) is 4.79 Å². The molecule has 0 radical (unpaired) electrons. The van der Waals surface area contributed by atoms with E-state index in [1.54, 1.807) is 7.11 Å². The summed E-state index contributed by atoms with van der Waals surface area (Å²) in [5.74, 6) is 1.49. The summed E-state index contributed by atoms with van der Waals surface area (Å²) in [6.45, 7) is 5.94. The Morgan fingerprint density at radius 1 is 1.16 bits per heavy atom. The molecule has 1 fully saturated rings. The number of fused-ring (bicyclic) bond motifs is 1. The monoisotopic (exact) mass is 349 g/mol. The quantitative estimate of drug-likeness (QED) is 0.476. The molecule has 0 spiro atoms. The van der Waals surface area contributed by atoms with Gasteiger partial charge in [0.15, 0.2) is 0 Å². The number of methoxy groups -OCH3 is 1. The van der Waals surface area contributed by atoms with Gasteiger partial charge in [-0.05, 0) is 13.0 Å². The highest BCUT2D eigenvalue weighted by atomic mass is 16.5. The Morgan fingerprint density at radius 3 is 2.84 bits per heavy atom. The number of aromatic nitrogens is 2. The molecule has 0 atom stereocenters. The molecule has 0 unspecified atom stereocenters. The molecular formula is C16H27N7O2. The molecular weight excluding hydrogens is 322 g/mol. The molecule has 9 nitrogen and oxygen atoms in total. The van der Waals surface area contributed by atoms with E-state index >= 15 is 0 Å². The lowest BCUT2D eigenvalue weighted by molar-refractivity contribution is 0.210. The van der Waals surface area contributed by atoms with Crippen molar-refractivity contribution in [1.29, 1.82) is 0 Å². The van der Waals surface area contributed by atoms with Crippen molar-refractivity contribution in [2.75, 3.05) is 70.2 Å². The van der Waals surface area contributed by atoms with Gasteiger partial charge in [-0.15, -0.1) is 0 Å². The van der Waals surface area contributed by atoms with Gasteiger partial charge in [0, 0.05) is 58.4 Å². The lowest BCUT2D eigenvalue weighted by Crippen LogP contribution is -2.32. The summed E-state index contributed by atoms with van der Waals surface area (Å²) in [6.07, 6.45) is 1.79. The van der Waals surface area contributed by atoms with Crippen molar-refractivity contribution in [2.24, 2.45) is 0 Å². The van der Waals surface area contributed by atoms with Gasteiger partial charge in [0.1, 0.15) is 5.82 Å². The zero-order valence-corrected chi connectivity index (χ0v) is 14.7. The first-order valence-corrected chi connectivity index (χ1v) is 8.88. The smallest absolute Gasteiger partial charge is 0.317 e. The fourth-order valence-electron chi connectivity index (χ4n) is 3.07. The Kier molecular flexibility index (Phi) is 6.24. The van der Waals surface area contributed by atoms with Crippen molar-refractivity contribution in [3.05, 3.63) is 11.3 Å². The largest absolute Gasteiger partial charge is 0.383 e. The number of urea groups is 1. The Bertz CT molecular complexity index is 596. The van der Waals surface area contributed by atoms with Crippen molar-refractivity contribution >= 4 is 17.8 Å². The number of hydrogen-bond acceptors (Lipinski definition) is 7. The average Bonchev–Trinajstić information content (AvgIpc) is 2.87. The number of anilines is 2. The summed E-state index contributed by atoms with van der Waals surface area (Å²) >= 11 is 0. The maximum absolute atomic E-state index is 11.6. The van der Waals surface area contributed by atoms with Crippen molar-refractivity contribution < 1.29 is 9.53 Å². The average molecular weight is 349 g/mol. The second kappa shape index (κ2) is 8.82. The second-order valence-electron chi connectivity index (χ2n) is 6.14. The molecule has 25 heavy (non-hydrogen) atoms. The van der Waals surface area contributed by atoms with Crippen LogP contribution in [0.2, 0.25) is 0 Å². The van der Waals surface area contributed by atoms with Gasteiger partial charge in [0.25, 0.3) is 0 Å². The zero-order valence-electron chi connectivity index (χ0n) is 14.7. The SMILES string of the molecule is COCCNc1nc2c(c(NCCN3CCNC3=O)n1)CCNCC2. The standard InChI is InChI=1S/C16H27N7O2/c1-25-11-8-19-15-21-13-3-5-17-4-2-12(13)14(22-15)18-6-9-23-10-7-20-16(23)24/h17H,2-11H2,1H3,(H,20,24)(H2,18,19,21,22). The summed E-state index contributed by atoms with van der Waals surface area (Å²) < 4.78 is 5.07. The fourth-order valence-corrected chi connectivity index (χ4v) is 3.07. The minimum Gasteiger partial charge on any atom is -0.383 e. The highest BCUT2D eigenvalue weighted by molar-refractivity contribution is 5.76. The van der Waals surface area contributed by atoms with Crippen LogP contribution in [0.3, 0.4) is 0 Å². The van der Waals surface area contributed by atoms with Crippen molar-refractivity contribution in [1.82, 2.24) is 25.5 Å². The molecule has 0 bridgehead atoms. The number of nitrogens with zero attached hydrogens (tertiary/aromatic N) is 3. The van der Waals surface area contributed by atoms with Crippen molar-refractivity contribution in [3.63, 3.8) is 0 Å². The van der Waals surface area contributed by atoms with Crippen molar-refractivity contribution in [2.45, 2.75) is 12.8 Å². The van der Waals surface area contributed by atoms with Crippen LogP contribution in [0.5, 0.6) is 0 Å². The number of hydrogen-bond donors (Lipinski definition) is 4. The van der Waals surface area contributed by atoms with Crippen LogP contribution in [0.25, 0.3) is 0 Å². The number of nitrogens with one attached hydrogen (secondary N) is 4. The molecule has 3 rings (SSSR count). The fraction of sp³-hybridized carbons (Fsp3) is 0.688. The van der Waals surface area contributed by atoms with Crippen LogP contribution >= 0.6 is 0 Å². The number of ether oxygens (including phenoxy) is 1. The minimum atomic E-state index is 0.00874. The maximum atomic E-state index is 11.6. The molecule has 9 heteroatoms. The Morgan fingerprint density at radius 2 is 2.04 bits per heavy atom. The number of amides is 2. The first-order chi connectivity index (χ1) is 12.3. The van der Waals surface area contributed by atoms with E-state index in [2.05, 4.69) is 31.2 Å². The number of carbonyl (C=O) groups is 1. The summed E-state index contributed by atoms with van der Waals surface area (Å²) in [6, 6.07) is 0.00874. The Labute approximate surface area is 147 Å². The minimum absolute atomic E-state index is 0.00874. The summed E-state index contributed by atoms with van der Waals surface area (Å²) in [5.41, 5.74) is 2.26. The van der Waals surface area contributed by atoms with Gasteiger partial charge >= 0.3 is 6.03 Å². The van der Waals surface area contributed by atoms with Crippen LogP contribution in [0, 0.1) is 0 Å².